The van der Waals surface area contributed by atoms with Gasteiger partial charge in [-0.3, -0.25) is 4.79 Å². The van der Waals surface area contributed by atoms with Crippen LogP contribution in [0.15, 0.2) is 27.6 Å². The van der Waals surface area contributed by atoms with Gasteiger partial charge in [0.2, 0.25) is 10.0 Å². The second-order valence-electron chi connectivity index (χ2n) is 4.51. The molecule has 2 aromatic rings. The highest BCUT2D eigenvalue weighted by Crippen LogP contribution is 2.29. The standard InChI is InChI=1S/C12H13BrN4O5S/c13-6-1-2-8-7(5-6)10(9(17-8)11(14)18)23(21,22)16-4-3-15-12(19)20/h1-2,5,15-17H,3-4H2,(H2,14,18)(H,19,20). The molecule has 11 heteroatoms. The van der Waals surface area contributed by atoms with Crippen molar-refractivity contribution in [2.75, 3.05) is 13.1 Å². The van der Waals surface area contributed by atoms with Gasteiger partial charge >= 0.3 is 6.09 Å². The van der Waals surface area contributed by atoms with Crippen molar-refractivity contribution in [3.63, 3.8) is 0 Å². The SMILES string of the molecule is NC(=O)c1[nH]c2ccc(Br)cc2c1S(=O)(=O)NCCNC(=O)O. The van der Waals surface area contributed by atoms with Crippen molar-refractivity contribution in [1.29, 1.82) is 0 Å². The number of fused-ring (bicyclic) bond motifs is 1. The average molecular weight is 405 g/mol. The van der Waals surface area contributed by atoms with Crippen LogP contribution in [0.1, 0.15) is 10.5 Å². The molecule has 9 nitrogen and oxygen atoms in total. The summed E-state index contributed by atoms with van der Waals surface area (Å²) < 4.78 is 27.8. The third-order valence-electron chi connectivity index (χ3n) is 2.92. The molecule has 0 bridgehead atoms. The molecule has 1 aromatic carbocycles. The lowest BCUT2D eigenvalue weighted by molar-refractivity contribution is 0.0993. The number of rotatable bonds is 6. The van der Waals surface area contributed by atoms with Gasteiger partial charge in [0.25, 0.3) is 5.91 Å². The van der Waals surface area contributed by atoms with E-state index in [9.17, 15) is 18.0 Å². The Morgan fingerprint density at radius 3 is 2.61 bits per heavy atom. The molecule has 6 N–H and O–H groups in total. The van der Waals surface area contributed by atoms with Crippen molar-refractivity contribution in [2.24, 2.45) is 5.73 Å². The first kappa shape index (κ1) is 17.2. The van der Waals surface area contributed by atoms with Gasteiger partial charge in [-0.05, 0) is 18.2 Å². The van der Waals surface area contributed by atoms with Crippen LogP contribution in [0.5, 0.6) is 0 Å². The number of carbonyl (C=O) groups excluding carboxylic acids is 1. The first-order valence-corrected chi connectivity index (χ1v) is 8.57. The number of halogens is 1. The lowest BCUT2D eigenvalue weighted by Gasteiger charge is -2.07. The molecule has 0 saturated carbocycles. The molecule has 0 saturated heterocycles. The summed E-state index contributed by atoms with van der Waals surface area (Å²) in [5, 5.41) is 10.8. The quantitative estimate of drug-likeness (QED) is 0.445. The summed E-state index contributed by atoms with van der Waals surface area (Å²) in [6.45, 7) is -0.292. The summed E-state index contributed by atoms with van der Waals surface area (Å²) in [4.78, 5) is 24.3. The summed E-state index contributed by atoms with van der Waals surface area (Å²) in [6, 6.07) is 4.84. The van der Waals surface area contributed by atoms with E-state index < -0.39 is 22.0 Å². The fourth-order valence-electron chi connectivity index (χ4n) is 2.02. The molecule has 0 unspecified atom stereocenters. The molecule has 23 heavy (non-hydrogen) atoms. The Bertz CT molecular complexity index is 877. The van der Waals surface area contributed by atoms with Gasteiger partial charge in [-0.25, -0.2) is 17.9 Å². The Morgan fingerprint density at radius 2 is 2.00 bits per heavy atom. The molecule has 0 radical (unpaired) electrons. The highest BCUT2D eigenvalue weighted by Gasteiger charge is 2.26. The molecule has 0 fully saturated rings. The molecule has 0 aliphatic heterocycles. The lowest BCUT2D eigenvalue weighted by Crippen LogP contribution is -2.34. The van der Waals surface area contributed by atoms with E-state index in [1.54, 1.807) is 18.2 Å². The number of hydrogen-bond acceptors (Lipinski definition) is 4. The average Bonchev–Trinajstić information content (AvgIpc) is 2.83. The van der Waals surface area contributed by atoms with Gasteiger partial charge in [-0.1, -0.05) is 15.9 Å². The summed E-state index contributed by atoms with van der Waals surface area (Å²) in [6.07, 6.45) is -1.27. The van der Waals surface area contributed by atoms with E-state index in [0.717, 1.165) is 0 Å². The number of aromatic nitrogens is 1. The van der Waals surface area contributed by atoms with Crippen LogP contribution < -0.4 is 15.8 Å². The smallest absolute Gasteiger partial charge is 0.404 e. The van der Waals surface area contributed by atoms with Gasteiger partial charge in [0.15, 0.2) is 0 Å². The minimum absolute atomic E-state index is 0.119. The van der Waals surface area contributed by atoms with E-state index in [2.05, 4.69) is 25.6 Å². The van der Waals surface area contributed by atoms with Gasteiger partial charge in [0, 0.05) is 28.5 Å². The number of carboxylic acid groups (broad SMARTS) is 1. The minimum atomic E-state index is -4.07. The zero-order valence-electron chi connectivity index (χ0n) is 11.6. The van der Waals surface area contributed by atoms with Crippen molar-refractivity contribution in [2.45, 2.75) is 4.90 Å². The molecular formula is C12H13BrN4O5S. The Labute approximate surface area is 139 Å². The number of benzene rings is 1. The van der Waals surface area contributed by atoms with Crippen molar-refractivity contribution >= 4 is 48.9 Å². The first-order chi connectivity index (χ1) is 10.7. The van der Waals surface area contributed by atoms with Crippen LogP contribution >= 0.6 is 15.9 Å². The molecule has 2 rings (SSSR count). The number of carbonyl (C=O) groups is 2. The molecule has 0 spiro atoms. The summed E-state index contributed by atoms with van der Waals surface area (Å²) in [5.74, 6) is -0.915. The first-order valence-electron chi connectivity index (χ1n) is 6.30. The monoisotopic (exact) mass is 404 g/mol. The molecule has 1 aromatic heterocycles. The summed E-state index contributed by atoms with van der Waals surface area (Å²) >= 11 is 3.24. The Kier molecular flexibility index (Phi) is 4.92. The van der Waals surface area contributed by atoms with Crippen LogP contribution in [-0.4, -0.2) is 43.6 Å². The maximum atomic E-state index is 12.5. The van der Waals surface area contributed by atoms with Gasteiger partial charge < -0.3 is 21.1 Å². The van der Waals surface area contributed by atoms with Gasteiger partial charge in [-0.2, -0.15) is 0 Å². The zero-order chi connectivity index (χ0) is 17.2. The zero-order valence-corrected chi connectivity index (χ0v) is 14.0. The van der Waals surface area contributed by atoms with E-state index in [1.807, 2.05) is 5.32 Å². The van der Waals surface area contributed by atoms with Gasteiger partial charge in [0.1, 0.15) is 10.6 Å². The molecule has 0 aliphatic rings. The Morgan fingerprint density at radius 1 is 1.30 bits per heavy atom. The topological polar surface area (TPSA) is 154 Å². The predicted octanol–water partition coefficient (Wildman–Crippen LogP) is 0.575. The number of amides is 2. The van der Waals surface area contributed by atoms with Crippen molar-refractivity contribution in [3.05, 3.63) is 28.4 Å². The van der Waals surface area contributed by atoms with Crippen molar-refractivity contribution in [3.8, 4) is 0 Å². The number of sulfonamides is 1. The Balaban J connectivity index is 2.43. The normalized spacial score (nSPS) is 11.5. The second kappa shape index (κ2) is 6.56. The van der Waals surface area contributed by atoms with Crippen LogP contribution in [-0.2, 0) is 10.0 Å². The molecule has 0 aliphatic carbocycles. The van der Waals surface area contributed by atoms with Crippen LogP contribution in [0.3, 0.4) is 0 Å². The third-order valence-corrected chi connectivity index (χ3v) is 4.96. The van der Waals surface area contributed by atoms with Crippen LogP contribution in [0, 0.1) is 0 Å². The maximum absolute atomic E-state index is 12.5. The summed E-state index contributed by atoms with van der Waals surface area (Å²) in [7, 11) is -4.07. The van der Waals surface area contributed by atoms with E-state index in [-0.39, 0.29) is 23.7 Å². The maximum Gasteiger partial charge on any atom is 0.404 e. The van der Waals surface area contributed by atoms with E-state index in [4.69, 9.17) is 10.8 Å². The van der Waals surface area contributed by atoms with Crippen LogP contribution in [0.25, 0.3) is 10.9 Å². The van der Waals surface area contributed by atoms with E-state index >= 15 is 0 Å². The number of primary amides is 1. The fraction of sp³-hybridized carbons (Fsp3) is 0.167. The number of hydrogen-bond donors (Lipinski definition) is 5. The molecular weight excluding hydrogens is 392 g/mol. The third kappa shape index (κ3) is 3.81. The van der Waals surface area contributed by atoms with Crippen LogP contribution in [0.4, 0.5) is 4.79 Å². The van der Waals surface area contributed by atoms with Gasteiger partial charge in [-0.15, -0.1) is 0 Å². The highest BCUT2D eigenvalue weighted by atomic mass is 79.9. The molecule has 1 heterocycles. The fourth-order valence-corrected chi connectivity index (χ4v) is 3.77. The van der Waals surface area contributed by atoms with Crippen molar-refractivity contribution < 1.29 is 23.1 Å². The number of aromatic amines is 1. The molecule has 2 amide bonds. The lowest BCUT2D eigenvalue weighted by atomic mass is 10.2. The highest BCUT2D eigenvalue weighted by molar-refractivity contribution is 9.10. The largest absolute Gasteiger partial charge is 0.465 e. The minimum Gasteiger partial charge on any atom is -0.465 e. The predicted molar refractivity (Wildman–Crippen MR) is 85.7 cm³/mol. The molecule has 124 valence electrons. The second-order valence-corrected chi connectivity index (χ2v) is 7.13. The number of nitrogens with one attached hydrogen (secondary N) is 3. The summed E-state index contributed by atoms with van der Waals surface area (Å²) in [5.41, 5.74) is 5.44. The van der Waals surface area contributed by atoms with Crippen molar-refractivity contribution in [1.82, 2.24) is 15.0 Å². The van der Waals surface area contributed by atoms with Gasteiger partial charge in [0.05, 0.1) is 0 Å². The van der Waals surface area contributed by atoms with E-state index in [0.29, 0.717) is 15.4 Å². The van der Waals surface area contributed by atoms with E-state index in [1.165, 1.54) is 0 Å². The number of H-pyrrole nitrogens is 1. The van der Waals surface area contributed by atoms with Crippen LogP contribution in [0.2, 0.25) is 0 Å². The number of nitrogens with two attached hydrogens (primary N) is 1. The Hall–Kier alpha value is -2.11. The molecule has 0 atom stereocenters.